The Morgan fingerprint density at radius 1 is 1.23 bits per heavy atom. The number of amides is 1. The van der Waals surface area contributed by atoms with Gasteiger partial charge in [-0.25, -0.2) is 0 Å². The molecule has 1 saturated carbocycles. The van der Waals surface area contributed by atoms with Crippen molar-refractivity contribution in [2.45, 2.75) is 13.8 Å². The maximum atomic E-state index is 12.2. The largest absolute Gasteiger partial charge is 0.352 e. The van der Waals surface area contributed by atoms with Crippen LogP contribution in [0.2, 0.25) is 10.0 Å². The molecule has 2 fully saturated rings. The van der Waals surface area contributed by atoms with Crippen molar-refractivity contribution in [3.05, 3.63) is 33.8 Å². The highest BCUT2D eigenvalue weighted by atomic mass is 35.5. The molecule has 1 aliphatic heterocycles. The van der Waals surface area contributed by atoms with Gasteiger partial charge in [-0.05, 0) is 41.9 Å². The monoisotopic (exact) mass is 340 g/mol. The van der Waals surface area contributed by atoms with E-state index < -0.39 is 0 Å². The minimum absolute atomic E-state index is 0.0894. The third kappa shape index (κ3) is 3.58. The van der Waals surface area contributed by atoms with Crippen molar-refractivity contribution >= 4 is 29.1 Å². The molecule has 1 aromatic rings. The van der Waals surface area contributed by atoms with Gasteiger partial charge in [-0.1, -0.05) is 37.0 Å². The summed E-state index contributed by atoms with van der Waals surface area (Å²) >= 11 is 11.9. The summed E-state index contributed by atoms with van der Waals surface area (Å²) in [5.41, 5.74) is 0.532. The zero-order valence-electron chi connectivity index (χ0n) is 13.0. The van der Waals surface area contributed by atoms with Gasteiger partial charge in [-0.3, -0.25) is 4.79 Å². The lowest BCUT2D eigenvalue weighted by molar-refractivity contribution is 0.0949. The molecule has 1 heterocycles. The van der Waals surface area contributed by atoms with Crippen LogP contribution in [0.1, 0.15) is 24.2 Å². The molecule has 1 N–H and O–H groups in total. The number of hydrogen-bond acceptors (Lipinski definition) is 2. The van der Waals surface area contributed by atoms with Gasteiger partial charge in [0.1, 0.15) is 0 Å². The van der Waals surface area contributed by atoms with E-state index in [9.17, 15) is 4.79 Å². The Labute approximate surface area is 142 Å². The predicted molar refractivity (Wildman–Crippen MR) is 90.5 cm³/mol. The first kappa shape index (κ1) is 16.1. The molecule has 1 aliphatic carbocycles. The molecule has 0 spiro atoms. The maximum absolute atomic E-state index is 12.2. The highest BCUT2D eigenvalue weighted by Crippen LogP contribution is 2.51. The molecule has 1 unspecified atom stereocenters. The molecular weight excluding hydrogens is 319 g/mol. The van der Waals surface area contributed by atoms with E-state index in [2.05, 4.69) is 24.1 Å². The number of rotatable bonds is 5. The minimum atomic E-state index is -0.0894. The third-order valence-corrected chi connectivity index (χ3v) is 5.13. The summed E-state index contributed by atoms with van der Waals surface area (Å²) in [7, 11) is 0. The van der Waals surface area contributed by atoms with Crippen LogP contribution >= 0.6 is 23.2 Å². The van der Waals surface area contributed by atoms with Gasteiger partial charge >= 0.3 is 0 Å². The second kappa shape index (κ2) is 6.38. The van der Waals surface area contributed by atoms with E-state index in [0.717, 1.165) is 24.3 Å². The molecule has 0 radical (unpaired) electrons. The van der Waals surface area contributed by atoms with Gasteiger partial charge in [0.05, 0.1) is 0 Å². The van der Waals surface area contributed by atoms with E-state index in [4.69, 9.17) is 23.2 Å². The lowest BCUT2D eigenvalue weighted by Crippen LogP contribution is -2.32. The highest BCUT2D eigenvalue weighted by molar-refractivity contribution is 6.35. The number of nitrogens with one attached hydrogen (secondary N) is 1. The molecule has 1 aromatic carbocycles. The molecule has 3 atom stereocenters. The number of carbonyl (C=O) groups is 1. The smallest absolute Gasteiger partial charge is 0.251 e. The Bertz CT molecular complexity index is 544. The Morgan fingerprint density at radius 3 is 2.36 bits per heavy atom. The summed E-state index contributed by atoms with van der Waals surface area (Å²) in [4.78, 5) is 14.7. The molecule has 1 saturated heterocycles. The Morgan fingerprint density at radius 2 is 1.82 bits per heavy atom. The van der Waals surface area contributed by atoms with E-state index in [1.165, 1.54) is 19.6 Å². The first-order valence-corrected chi connectivity index (χ1v) is 8.66. The molecule has 2 aliphatic rings. The fraction of sp³-hybridized carbons (Fsp3) is 0.588. The summed E-state index contributed by atoms with van der Waals surface area (Å²) < 4.78 is 0. The van der Waals surface area contributed by atoms with Gasteiger partial charge in [-0.2, -0.15) is 0 Å². The molecule has 120 valence electrons. The van der Waals surface area contributed by atoms with Gasteiger partial charge in [0.2, 0.25) is 0 Å². The number of benzene rings is 1. The average molecular weight is 341 g/mol. The van der Waals surface area contributed by atoms with E-state index in [1.807, 2.05) is 0 Å². The summed E-state index contributed by atoms with van der Waals surface area (Å²) in [6, 6.07) is 4.94. The number of nitrogens with zero attached hydrogens (tertiary/aromatic N) is 1. The van der Waals surface area contributed by atoms with Crippen LogP contribution in [-0.4, -0.2) is 37.0 Å². The van der Waals surface area contributed by atoms with Gasteiger partial charge in [0.25, 0.3) is 5.91 Å². The lowest BCUT2D eigenvalue weighted by Gasteiger charge is -2.21. The number of carbonyl (C=O) groups excluding carboxylic acids is 1. The molecule has 0 aromatic heterocycles. The summed E-state index contributed by atoms with van der Waals surface area (Å²) in [5, 5.41) is 4.01. The first-order chi connectivity index (χ1) is 10.4. The minimum Gasteiger partial charge on any atom is -0.352 e. The van der Waals surface area contributed by atoms with Crippen LogP contribution in [-0.2, 0) is 0 Å². The number of piperidine rings is 1. The second-order valence-electron chi connectivity index (χ2n) is 6.97. The highest BCUT2D eigenvalue weighted by Gasteiger charge is 2.55. The van der Waals surface area contributed by atoms with Crippen molar-refractivity contribution in [1.29, 1.82) is 0 Å². The van der Waals surface area contributed by atoms with Crippen LogP contribution in [0, 0.1) is 23.7 Å². The second-order valence-corrected chi connectivity index (χ2v) is 7.84. The number of halogens is 2. The quantitative estimate of drug-likeness (QED) is 0.888. The normalized spacial score (nSPS) is 27.0. The van der Waals surface area contributed by atoms with Gasteiger partial charge < -0.3 is 10.2 Å². The molecule has 1 amide bonds. The molecule has 3 rings (SSSR count). The van der Waals surface area contributed by atoms with Crippen LogP contribution in [0.5, 0.6) is 0 Å². The first-order valence-electron chi connectivity index (χ1n) is 7.90. The fourth-order valence-electron chi connectivity index (χ4n) is 3.70. The molecule has 0 bridgehead atoms. The zero-order valence-corrected chi connectivity index (χ0v) is 14.5. The van der Waals surface area contributed by atoms with E-state index >= 15 is 0 Å². The zero-order chi connectivity index (χ0) is 15.9. The van der Waals surface area contributed by atoms with E-state index in [1.54, 1.807) is 18.2 Å². The predicted octanol–water partition coefficient (Wildman–Crippen LogP) is 3.56. The van der Waals surface area contributed by atoms with Crippen molar-refractivity contribution in [1.82, 2.24) is 10.2 Å². The van der Waals surface area contributed by atoms with Crippen LogP contribution in [0.25, 0.3) is 0 Å². The molecule has 3 nitrogen and oxygen atoms in total. The molecule has 5 heteroatoms. The van der Waals surface area contributed by atoms with Crippen molar-refractivity contribution < 1.29 is 4.79 Å². The van der Waals surface area contributed by atoms with Crippen LogP contribution in [0.15, 0.2) is 18.2 Å². The van der Waals surface area contributed by atoms with E-state index in [-0.39, 0.29) is 5.91 Å². The van der Waals surface area contributed by atoms with Crippen molar-refractivity contribution in [2.75, 3.05) is 26.2 Å². The number of likely N-dealkylation sites (tertiary alicyclic amines) is 1. The number of fused-ring (bicyclic) bond motifs is 1. The summed E-state index contributed by atoms with van der Waals surface area (Å²) in [6.45, 7) is 8.84. The average Bonchev–Trinajstić information content (AvgIpc) is 2.87. The van der Waals surface area contributed by atoms with E-state index in [0.29, 0.717) is 21.5 Å². The van der Waals surface area contributed by atoms with Crippen LogP contribution < -0.4 is 5.32 Å². The van der Waals surface area contributed by atoms with Gasteiger partial charge in [-0.15, -0.1) is 0 Å². The summed E-state index contributed by atoms with van der Waals surface area (Å²) in [5.74, 6) is 2.81. The lowest BCUT2D eigenvalue weighted by atomic mass is 10.2. The Balaban J connectivity index is 1.46. The van der Waals surface area contributed by atoms with Crippen LogP contribution in [0.4, 0.5) is 0 Å². The Hall–Kier alpha value is -0.770. The summed E-state index contributed by atoms with van der Waals surface area (Å²) in [6.07, 6.45) is 0. The topological polar surface area (TPSA) is 32.3 Å². The molecule has 22 heavy (non-hydrogen) atoms. The van der Waals surface area contributed by atoms with Gasteiger partial charge in [0, 0.05) is 41.8 Å². The van der Waals surface area contributed by atoms with Crippen molar-refractivity contribution in [3.8, 4) is 0 Å². The van der Waals surface area contributed by atoms with Gasteiger partial charge in [0.15, 0.2) is 0 Å². The SMILES string of the molecule is CC(C)CN1C[C@@H]2C(CNC(=O)c3cc(Cl)cc(Cl)c3)[C@@H]2C1. The maximum Gasteiger partial charge on any atom is 0.251 e. The number of hydrogen-bond donors (Lipinski definition) is 1. The fourth-order valence-corrected chi connectivity index (χ4v) is 4.23. The Kier molecular flexibility index (Phi) is 4.67. The van der Waals surface area contributed by atoms with Crippen molar-refractivity contribution in [2.24, 2.45) is 23.7 Å². The van der Waals surface area contributed by atoms with Crippen LogP contribution in [0.3, 0.4) is 0 Å². The standard InChI is InChI=1S/C17H22Cl2N2O/c1-10(2)7-21-8-15-14(16(15)9-21)6-20-17(22)11-3-12(18)5-13(19)4-11/h3-5,10,14-16H,6-9H2,1-2H3,(H,20,22)/t14?,15-,16+. The van der Waals surface area contributed by atoms with Crippen molar-refractivity contribution in [3.63, 3.8) is 0 Å². The molecular formula is C17H22Cl2N2O. The third-order valence-electron chi connectivity index (χ3n) is 4.69.